The molecule has 0 radical (unpaired) electrons. The van der Waals surface area contributed by atoms with Gasteiger partial charge in [0.2, 0.25) is 5.95 Å². The van der Waals surface area contributed by atoms with Crippen LogP contribution in [0.15, 0.2) is 30.7 Å². The van der Waals surface area contributed by atoms with E-state index in [2.05, 4.69) is 26.3 Å². The molecule has 86 valence electrons. The lowest BCUT2D eigenvalue weighted by Gasteiger charge is -2.24. The van der Waals surface area contributed by atoms with Gasteiger partial charge in [-0.2, -0.15) is 0 Å². The van der Waals surface area contributed by atoms with Gasteiger partial charge in [0.15, 0.2) is 0 Å². The van der Waals surface area contributed by atoms with Crippen molar-refractivity contribution in [3.8, 4) is 0 Å². The monoisotopic (exact) mass is 218 g/mol. The minimum absolute atomic E-state index is 0.650. The zero-order chi connectivity index (χ0) is 11.1. The van der Waals surface area contributed by atoms with E-state index < -0.39 is 0 Å². The van der Waals surface area contributed by atoms with Crippen molar-refractivity contribution in [2.45, 2.75) is 19.3 Å². The van der Waals surface area contributed by atoms with Crippen molar-refractivity contribution >= 4 is 5.95 Å². The molecular weight excluding hydrogens is 200 g/mol. The van der Waals surface area contributed by atoms with Crippen LogP contribution in [-0.4, -0.2) is 34.5 Å². The van der Waals surface area contributed by atoms with Gasteiger partial charge in [-0.25, -0.2) is 9.97 Å². The van der Waals surface area contributed by atoms with Crippen molar-refractivity contribution in [3.63, 3.8) is 0 Å². The van der Waals surface area contributed by atoms with Gasteiger partial charge in [0.05, 0.1) is 0 Å². The van der Waals surface area contributed by atoms with Crippen LogP contribution >= 0.6 is 0 Å². The highest BCUT2D eigenvalue weighted by atomic mass is 15.1. The highest BCUT2D eigenvalue weighted by molar-refractivity contribution is 5.26. The van der Waals surface area contributed by atoms with Crippen molar-refractivity contribution in [1.82, 2.24) is 14.9 Å². The molecule has 16 heavy (non-hydrogen) atoms. The number of piperidine rings is 1. The summed E-state index contributed by atoms with van der Waals surface area (Å²) in [6.45, 7) is 3.47. The van der Waals surface area contributed by atoms with Crippen LogP contribution in [-0.2, 0) is 0 Å². The first-order valence-electron chi connectivity index (χ1n) is 5.86. The van der Waals surface area contributed by atoms with Crippen LogP contribution in [0.25, 0.3) is 0 Å². The molecule has 0 unspecified atom stereocenters. The third kappa shape index (κ3) is 3.62. The smallest absolute Gasteiger partial charge is 0.226 e. The molecule has 2 rings (SSSR count). The lowest BCUT2D eigenvalue weighted by molar-refractivity contribution is 0.251. The lowest BCUT2D eigenvalue weighted by atomic mass is 10.1. The molecule has 1 N–H and O–H groups in total. The van der Waals surface area contributed by atoms with Gasteiger partial charge in [0, 0.05) is 25.1 Å². The number of rotatable bonds is 4. The topological polar surface area (TPSA) is 41.1 Å². The lowest BCUT2D eigenvalue weighted by Crippen LogP contribution is -2.29. The Kier molecular flexibility index (Phi) is 4.31. The number of hydrogen-bond acceptors (Lipinski definition) is 4. The fourth-order valence-electron chi connectivity index (χ4n) is 1.85. The zero-order valence-corrected chi connectivity index (χ0v) is 9.47. The summed E-state index contributed by atoms with van der Waals surface area (Å²) in [5.74, 6) is 0.650. The molecular formula is C12H18N4. The maximum Gasteiger partial charge on any atom is 0.226 e. The van der Waals surface area contributed by atoms with E-state index in [0.29, 0.717) is 5.95 Å². The third-order valence-electron chi connectivity index (χ3n) is 2.71. The second kappa shape index (κ2) is 6.23. The van der Waals surface area contributed by atoms with E-state index in [1.165, 1.54) is 32.4 Å². The van der Waals surface area contributed by atoms with Crippen molar-refractivity contribution in [3.05, 3.63) is 30.7 Å². The summed E-state index contributed by atoms with van der Waals surface area (Å²) >= 11 is 0. The number of hydrogen-bond donors (Lipinski definition) is 1. The Labute approximate surface area is 96.4 Å². The molecule has 4 nitrogen and oxygen atoms in total. The summed E-state index contributed by atoms with van der Waals surface area (Å²) < 4.78 is 0. The third-order valence-corrected chi connectivity index (χ3v) is 2.71. The highest BCUT2D eigenvalue weighted by Crippen LogP contribution is 2.07. The second-order valence-corrected chi connectivity index (χ2v) is 3.98. The van der Waals surface area contributed by atoms with Gasteiger partial charge in [0.1, 0.15) is 0 Å². The molecule has 0 amide bonds. The predicted molar refractivity (Wildman–Crippen MR) is 65.1 cm³/mol. The molecule has 1 aromatic heterocycles. The molecule has 4 heteroatoms. The number of aromatic nitrogens is 2. The Hall–Kier alpha value is -1.42. The Morgan fingerprint density at radius 3 is 2.69 bits per heavy atom. The number of nitrogens with one attached hydrogen (secondary N) is 1. The fourth-order valence-corrected chi connectivity index (χ4v) is 1.85. The van der Waals surface area contributed by atoms with E-state index in [-0.39, 0.29) is 0 Å². The highest BCUT2D eigenvalue weighted by Gasteiger charge is 2.07. The average Bonchev–Trinajstić information content (AvgIpc) is 2.37. The number of likely N-dealkylation sites (tertiary alicyclic amines) is 1. The van der Waals surface area contributed by atoms with E-state index >= 15 is 0 Å². The van der Waals surface area contributed by atoms with Crippen LogP contribution in [0.5, 0.6) is 0 Å². The largest absolute Gasteiger partial charge is 0.331 e. The summed E-state index contributed by atoms with van der Waals surface area (Å²) in [6, 6.07) is 1.81. The molecule has 0 bridgehead atoms. The Bertz CT molecular complexity index is 317. The molecule has 1 aliphatic rings. The van der Waals surface area contributed by atoms with E-state index in [9.17, 15) is 0 Å². The molecule has 0 atom stereocenters. The first kappa shape index (κ1) is 11.1. The van der Waals surface area contributed by atoms with Gasteiger partial charge < -0.3 is 5.32 Å². The summed E-state index contributed by atoms with van der Waals surface area (Å²) in [4.78, 5) is 10.6. The average molecular weight is 218 g/mol. The predicted octanol–water partition coefficient (Wildman–Crippen LogP) is 1.89. The maximum atomic E-state index is 4.08. The van der Waals surface area contributed by atoms with Gasteiger partial charge in [-0.3, -0.25) is 4.90 Å². The number of nitrogens with zero attached hydrogens (tertiary/aromatic N) is 3. The van der Waals surface area contributed by atoms with Crippen LogP contribution in [0.4, 0.5) is 5.95 Å². The molecule has 0 aromatic carbocycles. The molecule has 0 aliphatic carbocycles. The quantitative estimate of drug-likeness (QED) is 0.838. The van der Waals surface area contributed by atoms with Gasteiger partial charge in [-0.15, -0.1) is 0 Å². The van der Waals surface area contributed by atoms with Crippen molar-refractivity contribution in [2.75, 3.05) is 25.0 Å². The van der Waals surface area contributed by atoms with Crippen molar-refractivity contribution in [2.24, 2.45) is 0 Å². The van der Waals surface area contributed by atoms with E-state index in [1.807, 2.05) is 12.3 Å². The van der Waals surface area contributed by atoms with Crippen LogP contribution in [0.1, 0.15) is 19.3 Å². The Morgan fingerprint density at radius 2 is 1.94 bits per heavy atom. The fraction of sp³-hybridized carbons (Fsp3) is 0.500. The molecule has 1 fully saturated rings. The zero-order valence-electron chi connectivity index (χ0n) is 9.47. The second-order valence-electron chi connectivity index (χ2n) is 3.98. The minimum atomic E-state index is 0.650. The van der Waals surface area contributed by atoms with Crippen molar-refractivity contribution in [1.29, 1.82) is 0 Å². The van der Waals surface area contributed by atoms with Gasteiger partial charge >= 0.3 is 0 Å². The van der Waals surface area contributed by atoms with Crippen LogP contribution in [0.2, 0.25) is 0 Å². The van der Waals surface area contributed by atoms with Gasteiger partial charge in [0.25, 0.3) is 0 Å². The molecule has 1 aromatic rings. The Morgan fingerprint density at radius 1 is 1.19 bits per heavy atom. The molecule has 1 aliphatic heterocycles. The molecule has 1 saturated heterocycles. The molecule has 0 spiro atoms. The summed E-state index contributed by atoms with van der Waals surface area (Å²) in [7, 11) is 0. The number of anilines is 1. The Balaban J connectivity index is 1.69. The van der Waals surface area contributed by atoms with Crippen molar-refractivity contribution < 1.29 is 0 Å². The van der Waals surface area contributed by atoms with Gasteiger partial charge in [-0.1, -0.05) is 12.5 Å². The molecule has 2 heterocycles. The standard InChI is InChI=1S/C12H18N4/c1-2-9-16(10-3-1)11-5-8-15-12-13-6-4-7-14-12/h4-8H,1-3,9-11H2,(H,13,14,15). The summed E-state index contributed by atoms with van der Waals surface area (Å²) in [6.07, 6.45) is 11.6. The van der Waals surface area contributed by atoms with Crippen LogP contribution in [0, 0.1) is 0 Å². The maximum absolute atomic E-state index is 4.08. The van der Waals surface area contributed by atoms with E-state index in [4.69, 9.17) is 0 Å². The van der Waals surface area contributed by atoms with Gasteiger partial charge in [-0.05, 0) is 32.0 Å². The first-order chi connectivity index (χ1) is 7.95. The minimum Gasteiger partial charge on any atom is -0.331 e. The first-order valence-corrected chi connectivity index (χ1v) is 5.86. The SMILES string of the molecule is C(=CNc1ncccn1)CN1CCCCC1. The van der Waals surface area contributed by atoms with E-state index in [1.54, 1.807) is 12.4 Å². The van der Waals surface area contributed by atoms with E-state index in [0.717, 1.165) is 6.54 Å². The van der Waals surface area contributed by atoms with Crippen LogP contribution < -0.4 is 5.32 Å². The molecule has 0 saturated carbocycles. The normalized spacial score (nSPS) is 17.8. The summed E-state index contributed by atoms with van der Waals surface area (Å²) in [5.41, 5.74) is 0. The summed E-state index contributed by atoms with van der Waals surface area (Å²) in [5, 5.41) is 3.05. The van der Waals surface area contributed by atoms with Crippen LogP contribution in [0.3, 0.4) is 0 Å².